The first-order valence-electron chi connectivity index (χ1n) is 10.0. The van der Waals surface area contributed by atoms with Gasteiger partial charge >= 0.3 is 0 Å². The van der Waals surface area contributed by atoms with Crippen molar-refractivity contribution in [3.8, 4) is 0 Å². The third-order valence-corrected chi connectivity index (χ3v) is 5.63. The van der Waals surface area contributed by atoms with Gasteiger partial charge in [-0.05, 0) is 48.6 Å². The van der Waals surface area contributed by atoms with Crippen LogP contribution in [0.4, 0.5) is 0 Å². The van der Waals surface area contributed by atoms with Gasteiger partial charge in [-0.25, -0.2) is 0 Å². The van der Waals surface area contributed by atoms with E-state index in [0.29, 0.717) is 6.04 Å². The van der Waals surface area contributed by atoms with Crippen molar-refractivity contribution in [2.24, 2.45) is 0 Å². The second kappa shape index (κ2) is 10.0. The van der Waals surface area contributed by atoms with E-state index in [-0.39, 0.29) is 18.3 Å². The molecule has 2 aliphatic rings. The summed E-state index contributed by atoms with van der Waals surface area (Å²) in [6, 6.07) is 12.7. The lowest BCUT2D eigenvalue weighted by Gasteiger charge is -2.36. The smallest absolute Gasteiger partial charge is 0.253 e. The summed E-state index contributed by atoms with van der Waals surface area (Å²) in [5.41, 5.74) is 3.27. The Morgan fingerprint density at radius 2 is 1.96 bits per heavy atom. The van der Waals surface area contributed by atoms with Crippen molar-refractivity contribution in [2.75, 3.05) is 32.7 Å². The van der Waals surface area contributed by atoms with Gasteiger partial charge in [0.1, 0.15) is 0 Å². The molecule has 0 aliphatic carbocycles. The zero-order chi connectivity index (χ0) is 18.5. The Kier molecular flexibility index (Phi) is 7.43. The third-order valence-electron chi connectivity index (χ3n) is 5.63. The molecule has 0 bridgehead atoms. The van der Waals surface area contributed by atoms with Crippen LogP contribution in [0.5, 0.6) is 0 Å². The zero-order valence-corrected chi connectivity index (χ0v) is 17.0. The summed E-state index contributed by atoms with van der Waals surface area (Å²) in [6.45, 7) is 5.54. The van der Waals surface area contributed by atoms with Crippen LogP contribution >= 0.6 is 12.4 Å². The monoisotopic (exact) mass is 400 g/mol. The van der Waals surface area contributed by atoms with Crippen molar-refractivity contribution in [3.05, 3.63) is 65.5 Å². The Morgan fingerprint density at radius 1 is 1.11 bits per heavy atom. The Hall–Kier alpha value is -1.95. The highest BCUT2D eigenvalue weighted by Crippen LogP contribution is 2.24. The number of hydrogen-bond acceptors (Lipinski definition) is 4. The SMILES string of the molecule is Cl.O=C(c1cccc(CN2CCNCC2c2cccnc2)c1)N1CCCCC1. The van der Waals surface area contributed by atoms with Gasteiger partial charge in [-0.15, -0.1) is 12.4 Å². The second-order valence-electron chi connectivity index (χ2n) is 7.53. The minimum atomic E-state index is 0. The molecular formula is C22H29ClN4O. The van der Waals surface area contributed by atoms with Crippen LogP contribution in [0.1, 0.15) is 46.8 Å². The number of nitrogens with zero attached hydrogens (tertiary/aromatic N) is 3. The molecule has 5 nitrogen and oxygen atoms in total. The number of nitrogens with one attached hydrogen (secondary N) is 1. The van der Waals surface area contributed by atoms with Crippen LogP contribution in [-0.4, -0.2) is 53.4 Å². The van der Waals surface area contributed by atoms with E-state index in [1.165, 1.54) is 17.5 Å². The number of piperazine rings is 1. The fourth-order valence-corrected chi connectivity index (χ4v) is 4.15. The average molecular weight is 401 g/mol. The van der Waals surface area contributed by atoms with Crippen molar-refractivity contribution in [3.63, 3.8) is 0 Å². The highest BCUT2D eigenvalue weighted by atomic mass is 35.5. The van der Waals surface area contributed by atoms with Crippen molar-refractivity contribution in [2.45, 2.75) is 31.8 Å². The van der Waals surface area contributed by atoms with E-state index in [1.54, 1.807) is 0 Å². The Balaban J connectivity index is 0.00000225. The lowest BCUT2D eigenvalue weighted by Crippen LogP contribution is -2.45. The van der Waals surface area contributed by atoms with Gasteiger partial charge in [0.15, 0.2) is 0 Å². The Morgan fingerprint density at radius 3 is 2.75 bits per heavy atom. The molecule has 1 amide bonds. The number of carbonyl (C=O) groups excluding carboxylic acids is 1. The molecule has 0 radical (unpaired) electrons. The molecule has 2 fully saturated rings. The molecule has 150 valence electrons. The first-order chi connectivity index (χ1) is 13.3. The molecule has 1 atom stereocenters. The van der Waals surface area contributed by atoms with Gasteiger partial charge in [0.05, 0.1) is 0 Å². The molecule has 0 saturated carbocycles. The molecule has 6 heteroatoms. The summed E-state index contributed by atoms with van der Waals surface area (Å²) in [6.07, 6.45) is 7.27. The molecular weight excluding hydrogens is 372 g/mol. The van der Waals surface area contributed by atoms with Crippen molar-refractivity contribution in [1.82, 2.24) is 20.1 Å². The Labute approximate surface area is 173 Å². The van der Waals surface area contributed by atoms with Crippen LogP contribution in [0, 0.1) is 0 Å². The number of pyridine rings is 1. The predicted octanol–water partition coefficient (Wildman–Crippen LogP) is 3.28. The number of halogens is 1. The fourth-order valence-electron chi connectivity index (χ4n) is 4.15. The summed E-state index contributed by atoms with van der Waals surface area (Å²) in [7, 11) is 0. The molecule has 28 heavy (non-hydrogen) atoms. The minimum absolute atomic E-state index is 0. The summed E-state index contributed by atoms with van der Waals surface area (Å²) >= 11 is 0. The van der Waals surface area contributed by atoms with E-state index in [0.717, 1.165) is 57.7 Å². The van der Waals surface area contributed by atoms with Crippen LogP contribution < -0.4 is 5.32 Å². The number of benzene rings is 1. The van der Waals surface area contributed by atoms with Crippen LogP contribution in [0.3, 0.4) is 0 Å². The number of hydrogen-bond donors (Lipinski definition) is 1. The molecule has 1 aromatic heterocycles. The van der Waals surface area contributed by atoms with E-state index < -0.39 is 0 Å². The molecule has 0 spiro atoms. The highest BCUT2D eigenvalue weighted by Gasteiger charge is 2.24. The van der Waals surface area contributed by atoms with Crippen LogP contribution in [0.25, 0.3) is 0 Å². The molecule has 1 aromatic carbocycles. The fraction of sp³-hybridized carbons (Fsp3) is 0.455. The number of likely N-dealkylation sites (tertiary alicyclic amines) is 1. The van der Waals surface area contributed by atoms with Gasteiger partial charge < -0.3 is 10.2 Å². The van der Waals surface area contributed by atoms with Gasteiger partial charge in [-0.2, -0.15) is 0 Å². The molecule has 2 aromatic rings. The third kappa shape index (κ3) is 4.90. The Bertz CT molecular complexity index is 764. The molecule has 1 N–H and O–H groups in total. The lowest BCUT2D eigenvalue weighted by molar-refractivity contribution is 0.0724. The minimum Gasteiger partial charge on any atom is -0.339 e. The van der Waals surface area contributed by atoms with Crippen LogP contribution in [0.2, 0.25) is 0 Å². The van der Waals surface area contributed by atoms with E-state index in [9.17, 15) is 4.79 Å². The van der Waals surface area contributed by atoms with Crippen molar-refractivity contribution in [1.29, 1.82) is 0 Å². The number of amides is 1. The van der Waals surface area contributed by atoms with Gasteiger partial charge in [-0.3, -0.25) is 14.7 Å². The maximum absolute atomic E-state index is 12.8. The quantitative estimate of drug-likeness (QED) is 0.855. The first-order valence-corrected chi connectivity index (χ1v) is 10.0. The maximum Gasteiger partial charge on any atom is 0.253 e. The van der Waals surface area contributed by atoms with Gasteiger partial charge in [0.2, 0.25) is 0 Å². The average Bonchev–Trinajstić information content (AvgIpc) is 2.75. The number of piperidine rings is 1. The maximum atomic E-state index is 12.8. The summed E-state index contributed by atoms with van der Waals surface area (Å²) in [4.78, 5) is 21.6. The van der Waals surface area contributed by atoms with Crippen LogP contribution in [0.15, 0.2) is 48.8 Å². The van der Waals surface area contributed by atoms with Crippen molar-refractivity contribution >= 4 is 18.3 Å². The van der Waals surface area contributed by atoms with E-state index in [1.807, 2.05) is 35.5 Å². The number of aromatic nitrogens is 1. The molecule has 2 saturated heterocycles. The van der Waals surface area contributed by atoms with E-state index in [2.05, 4.69) is 33.4 Å². The van der Waals surface area contributed by atoms with Crippen molar-refractivity contribution < 1.29 is 4.79 Å². The second-order valence-corrected chi connectivity index (χ2v) is 7.53. The number of rotatable bonds is 4. The normalized spacial score (nSPS) is 20.4. The summed E-state index contributed by atoms with van der Waals surface area (Å²) in [5.74, 6) is 0.181. The summed E-state index contributed by atoms with van der Waals surface area (Å²) < 4.78 is 0. The molecule has 3 heterocycles. The lowest BCUT2D eigenvalue weighted by atomic mass is 10.0. The predicted molar refractivity (Wildman–Crippen MR) is 114 cm³/mol. The van der Waals surface area contributed by atoms with Crippen LogP contribution in [-0.2, 0) is 6.54 Å². The summed E-state index contributed by atoms with van der Waals surface area (Å²) in [5, 5.41) is 3.49. The van der Waals surface area contributed by atoms with E-state index >= 15 is 0 Å². The topological polar surface area (TPSA) is 48.5 Å². The molecule has 2 aliphatic heterocycles. The van der Waals surface area contributed by atoms with Gasteiger partial charge in [0.25, 0.3) is 5.91 Å². The molecule has 4 rings (SSSR count). The zero-order valence-electron chi connectivity index (χ0n) is 16.2. The van der Waals surface area contributed by atoms with Gasteiger partial charge in [-0.1, -0.05) is 18.2 Å². The largest absolute Gasteiger partial charge is 0.339 e. The van der Waals surface area contributed by atoms with E-state index in [4.69, 9.17) is 0 Å². The number of carbonyl (C=O) groups is 1. The molecule has 1 unspecified atom stereocenters. The van der Waals surface area contributed by atoms with Gasteiger partial charge in [0, 0.05) is 63.3 Å². The highest BCUT2D eigenvalue weighted by molar-refractivity contribution is 5.94. The first kappa shape index (κ1) is 20.8. The standard InChI is InChI=1S/C22H28N4O.ClH/c27-22(25-11-2-1-3-12-25)19-7-4-6-18(14-19)17-26-13-10-24-16-21(26)20-8-5-9-23-15-20;/h4-9,14-15,21,24H,1-3,10-13,16-17H2;1H.